The third-order valence-electron chi connectivity index (χ3n) is 4.09. The minimum absolute atomic E-state index is 0.00755. The lowest BCUT2D eigenvalue weighted by atomic mass is 10.0. The summed E-state index contributed by atoms with van der Waals surface area (Å²) in [5, 5.41) is 1.15. The zero-order valence-electron chi connectivity index (χ0n) is 11.9. The number of aromatic amines is 1. The van der Waals surface area contributed by atoms with Crippen LogP contribution in [-0.2, 0) is 0 Å². The van der Waals surface area contributed by atoms with E-state index in [0.29, 0.717) is 22.8 Å². The van der Waals surface area contributed by atoms with Gasteiger partial charge in [-0.25, -0.2) is 0 Å². The molecule has 1 aromatic heterocycles. The largest absolute Gasteiger partial charge is 0.385 e. The maximum atomic E-state index is 12.5. The van der Waals surface area contributed by atoms with Gasteiger partial charge in [-0.15, -0.1) is 0 Å². The van der Waals surface area contributed by atoms with Crippen LogP contribution in [0.2, 0.25) is 0 Å². The molecular weight excluding hydrogens is 266 g/mol. The number of H-pyrrole nitrogens is 1. The summed E-state index contributed by atoms with van der Waals surface area (Å²) in [6, 6.07) is 7.10. The molecule has 0 unspecified atom stereocenters. The number of aromatic nitrogens is 1. The lowest BCUT2D eigenvalue weighted by molar-refractivity contribution is 0.0971. The van der Waals surface area contributed by atoms with Crippen molar-refractivity contribution in [3.63, 3.8) is 0 Å². The third-order valence-corrected chi connectivity index (χ3v) is 4.09. The molecule has 1 saturated heterocycles. The van der Waals surface area contributed by atoms with Crippen molar-refractivity contribution >= 4 is 22.4 Å². The Morgan fingerprint density at radius 1 is 1.19 bits per heavy atom. The third kappa shape index (κ3) is 2.69. The van der Waals surface area contributed by atoms with Crippen LogP contribution in [0.15, 0.2) is 29.1 Å². The Balaban J connectivity index is 1.91. The number of benzene rings is 1. The lowest BCUT2D eigenvalue weighted by Crippen LogP contribution is -2.23. The number of fused-ring (bicyclic) bond motifs is 1. The summed E-state index contributed by atoms with van der Waals surface area (Å²) >= 11 is 0. The molecule has 1 aromatic carbocycles. The molecule has 3 rings (SSSR count). The highest BCUT2D eigenvalue weighted by Gasteiger charge is 2.18. The Morgan fingerprint density at radius 3 is 2.57 bits per heavy atom. The van der Waals surface area contributed by atoms with Crippen molar-refractivity contribution in [1.29, 1.82) is 0 Å². The van der Waals surface area contributed by atoms with Crippen LogP contribution >= 0.6 is 0 Å². The summed E-state index contributed by atoms with van der Waals surface area (Å²) in [7, 11) is 0. The highest BCUT2D eigenvalue weighted by molar-refractivity contribution is 6.11. The van der Waals surface area contributed by atoms with E-state index in [9.17, 15) is 9.59 Å². The fraction of sp³-hybridized carbons (Fsp3) is 0.375. The van der Waals surface area contributed by atoms with Gasteiger partial charge in [0.05, 0.1) is 5.56 Å². The van der Waals surface area contributed by atoms with Crippen molar-refractivity contribution in [2.75, 3.05) is 25.4 Å². The van der Waals surface area contributed by atoms with Crippen molar-refractivity contribution in [3.8, 4) is 0 Å². The molecule has 0 radical (unpaired) electrons. The van der Waals surface area contributed by atoms with Crippen molar-refractivity contribution in [2.24, 2.45) is 0 Å². The number of nitrogen functional groups attached to an aromatic ring is 1. The van der Waals surface area contributed by atoms with E-state index >= 15 is 0 Å². The molecule has 2 heterocycles. The maximum Gasteiger partial charge on any atom is 0.257 e. The summed E-state index contributed by atoms with van der Waals surface area (Å²) in [5.74, 6) is 0.164. The van der Waals surface area contributed by atoms with Crippen LogP contribution in [-0.4, -0.2) is 35.3 Å². The molecule has 1 fully saturated rings. The Kier molecular flexibility index (Phi) is 3.75. The number of pyridine rings is 1. The predicted molar refractivity (Wildman–Crippen MR) is 83.6 cm³/mol. The zero-order valence-corrected chi connectivity index (χ0v) is 11.9. The summed E-state index contributed by atoms with van der Waals surface area (Å²) in [5.41, 5.74) is 6.08. The van der Waals surface area contributed by atoms with Gasteiger partial charge in [0.1, 0.15) is 5.82 Å². The smallest absolute Gasteiger partial charge is 0.257 e. The summed E-state index contributed by atoms with van der Waals surface area (Å²) in [4.78, 5) is 29.3. The van der Waals surface area contributed by atoms with E-state index in [1.165, 1.54) is 12.8 Å². The van der Waals surface area contributed by atoms with Gasteiger partial charge in [-0.3, -0.25) is 9.59 Å². The molecule has 2 aromatic rings. The number of carbonyl (C=O) groups is 1. The lowest BCUT2D eigenvalue weighted by Gasteiger charge is -2.14. The number of carbonyl (C=O) groups excluding carboxylic acids is 1. The second-order valence-electron chi connectivity index (χ2n) is 5.51. The number of ketones is 1. The number of nitrogens with one attached hydrogen (secondary N) is 1. The number of nitrogens with two attached hydrogens (primary N) is 1. The SMILES string of the molecule is Nc1[nH]c(=O)c2ccccc2c1C(=O)CCN1CCCC1. The molecular formula is C16H19N3O2. The average molecular weight is 285 g/mol. The van der Waals surface area contributed by atoms with Gasteiger partial charge in [0.2, 0.25) is 0 Å². The molecule has 0 amide bonds. The minimum Gasteiger partial charge on any atom is -0.385 e. The number of likely N-dealkylation sites (tertiary alicyclic amines) is 1. The van der Waals surface area contributed by atoms with Gasteiger partial charge in [0.15, 0.2) is 5.78 Å². The molecule has 0 saturated carbocycles. The number of hydrogen-bond donors (Lipinski definition) is 2. The van der Waals surface area contributed by atoms with E-state index in [-0.39, 0.29) is 17.2 Å². The molecule has 1 aliphatic heterocycles. The van der Waals surface area contributed by atoms with Crippen LogP contribution in [0, 0.1) is 0 Å². The van der Waals surface area contributed by atoms with Gasteiger partial charge in [-0.1, -0.05) is 18.2 Å². The van der Waals surface area contributed by atoms with Gasteiger partial charge in [-0.05, 0) is 32.0 Å². The first-order valence-electron chi connectivity index (χ1n) is 7.33. The van der Waals surface area contributed by atoms with Gasteiger partial charge in [0, 0.05) is 23.7 Å². The van der Waals surface area contributed by atoms with E-state index in [2.05, 4.69) is 9.88 Å². The highest BCUT2D eigenvalue weighted by atomic mass is 16.1. The van der Waals surface area contributed by atoms with Gasteiger partial charge in [0.25, 0.3) is 5.56 Å². The molecule has 110 valence electrons. The van der Waals surface area contributed by atoms with Crippen LogP contribution in [0.5, 0.6) is 0 Å². The quantitative estimate of drug-likeness (QED) is 0.839. The zero-order chi connectivity index (χ0) is 14.8. The molecule has 0 atom stereocenters. The Hall–Kier alpha value is -2.14. The molecule has 0 spiro atoms. The van der Waals surface area contributed by atoms with Crippen LogP contribution in [0.3, 0.4) is 0 Å². The molecule has 3 N–H and O–H groups in total. The molecule has 5 nitrogen and oxygen atoms in total. The Bertz CT molecular complexity index is 730. The summed E-state index contributed by atoms with van der Waals surface area (Å²) < 4.78 is 0. The topological polar surface area (TPSA) is 79.2 Å². The van der Waals surface area contributed by atoms with Crippen LogP contribution in [0.4, 0.5) is 5.82 Å². The van der Waals surface area contributed by atoms with Gasteiger partial charge < -0.3 is 15.6 Å². The van der Waals surface area contributed by atoms with Gasteiger partial charge >= 0.3 is 0 Å². The van der Waals surface area contributed by atoms with Crippen molar-refractivity contribution < 1.29 is 4.79 Å². The molecule has 0 bridgehead atoms. The average Bonchev–Trinajstić information content (AvgIpc) is 2.98. The Morgan fingerprint density at radius 2 is 1.86 bits per heavy atom. The number of Topliss-reactive ketones (excluding diaryl/α,β-unsaturated/α-hetero) is 1. The molecule has 1 aliphatic rings. The van der Waals surface area contributed by atoms with E-state index in [4.69, 9.17) is 5.73 Å². The van der Waals surface area contributed by atoms with Crippen LogP contribution in [0.1, 0.15) is 29.6 Å². The fourth-order valence-electron chi connectivity index (χ4n) is 2.99. The fourth-order valence-corrected chi connectivity index (χ4v) is 2.99. The summed E-state index contributed by atoms with van der Waals surface area (Å²) in [6.07, 6.45) is 2.84. The first-order chi connectivity index (χ1) is 10.2. The second kappa shape index (κ2) is 5.69. The molecule has 21 heavy (non-hydrogen) atoms. The first kappa shape index (κ1) is 13.8. The van der Waals surface area contributed by atoms with E-state index < -0.39 is 0 Å². The van der Waals surface area contributed by atoms with Crippen LogP contribution < -0.4 is 11.3 Å². The van der Waals surface area contributed by atoms with Crippen molar-refractivity contribution in [1.82, 2.24) is 9.88 Å². The Labute approximate surface area is 122 Å². The molecule has 0 aliphatic carbocycles. The number of hydrogen-bond acceptors (Lipinski definition) is 4. The number of nitrogens with zero attached hydrogens (tertiary/aromatic N) is 1. The maximum absolute atomic E-state index is 12.5. The second-order valence-corrected chi connectivity index (χ2v) is 5.51. The van der Waals surface area contributed by atoms with Crippen molar-refractivity contribution in [3.05, 3.63) is 40.2 Å². The number of anilines is 1. The van der Waals surface area contributed by atoms with Crippen molar-refractivity contribution in [2.45, 2.75) is 19.3 Å². The standard InChI is InChI=1S/C16H19N3O2/c17-15-14(13(20)7-10-19-8-3-4-9-19)11-5-1-2-6-12(11)16(21)18-15/h1-2,5-6H,3-4,7-10H2,(H3,17,18,21). The first-order valence-corrected chi connectivity index (χ1v) is 7.33. The highest BCUT2D eigenvalue weighted by Crippen LogP contribution is 2.21. The van der Waals surface area contributed by atoms with Gasteiger partial charge in [-0.2, -0.15) is 0 Å². The summed E-state index contributed by atoms with van der Waals surface area (Å²) in [6.45, 7) is 2.88. The monoisotopic (exact) mass is 285 g/mol. The van der Waals surface area contributed by atoms with E-state index in [1.807, 2.05) is 6.07 Å². The minimum atomic E-state index is -0.251. The van der Waals surface area contributed by atoms with E-state index in [0.717, 1.165) is 19.6 Å². The van der Waals surface area contributed by atoms with E-state index in [1.54, 1.807) is 18.2 Å². The number of rotatable bonds is 4. The molecule has 5 heteroatoms. The van der Waals surface area contributed by atoms with Crippen LogP contribution in [0.25, 0.3) is 10.8 Å². The normalized spacial score (nSPS) is 15.6. The predicted octanol–water partition coefficient (Wildman–Crippen LogP) is 1.78.